The molecule has 0 aliphatic heterocycles. The van der Waals surface area contributed by atoms with Crippen molar-refractivity contribution in [3.05, 3.63) is 77.5 Å². The van der Waals surface area contributed by atoms with Crippen LogP contribution in [0, 0.1) is 0 Å². The summed E-state index contributed by atoms with van der Waals surface area (Å²) < 4.78 is 0. The lowest BCUT2D eigenvalue weighted by Crippen LogP contribution is -2.42. The van der Waals surface area contributed by atoms with E-state index in [0.717, 1.165) is 6.42 Å². The lowest BCUT2D eigenvalue weighted by molar-refractivity contribution is 1.25. The summed E-state index contributed by atoms with van der Waals surface area (Å²) in [6.07, 6.45) is 3.45. The molecule has 0 saturated carbocycles. The van der Waals surface area contributed by atoms with Gasteiger partial charge in [-0.25, -0.2) is 0 Å². The van der Waals surface area contributed by atoms with Crippen LogP contribution in [0.15, 0.2) is 71.9 Å². The maximum atomic E-state index is 2.43. The highest BCUT2D eigenvalue weighted by molar-refractivity contribution is 6.95. The molecule has 0 amide bonds. The van der Waals surface area contributed by atoms with Crippen LogP contribution in [0.1, 0.15) is 12.5 Å². The van der Waals surface area contributed by atoms with Crippen LogP contribution in [0.5, 0.6) is 0 Å². The molecule has 0 spiro atoms. The molecule has 0 atom stereocenters. The fraction of sp³-hybridized carbons (Fsp3) is 0.222. The van der Waals surface area contributed by atoms with Crippen molar-refractivity contribution in [1.29, 1.82) is 0 Å². The maximum absolute atomic E-state index is 2.43. The highest BCUT2D eigenvalue weighted by Gasteiger charge is 2.24. The van der Waals surface area contributed by atoms with Gasteiger partial charge >= 0.3 is 0 Å². The van der Waals surface area contributed by atoms with Crippen LogP contribution >= 0.6 is 0 Å². The summed E-state index contributed by atoms with van der Waals surface area (Å²) in [5, 5.41) is 3.07. The molecule has 0 heterocycles. The van der Waals surface area contributed by atoms with E-state index in [0.29, 0.717) is 0 Å². The van der Waals surface area contributed by atoms with E-state index in [1.807, 2.05) is 0 Å². The minimum Gasteiger partial charge on any atom is -0.0847 e. The molecule has 0 aliphatic rings. The fourth-order valence-electron chi connectivity index (χ4n) is 2.22. The Morgan fingerprint density at radius 3 is 2.00 bits per heavy atom. The van der Waals surface area contributed by atoms with Gasteiger partial charge in [0.2, 0.25) is 0 Å². The Bertz CT molecular complexity index is 538. The second-order valence-electron chi connectivity index (χ2n) is 5.57. The van der Waals surface area contributed by atoms with Gasteiger partial charge < -0.3 is 0 Å². The molecule has 0 aliphatic carbocycles. The summed E-state index contributed by atoms with van der Waals surface area (Å²) in [6.45, 7) is 7.15. The minimum atomic E-state index is -1.48. The van der Waals surface area contributed by atoms with Gasteiger partial charge in [-0.1, -0.05) is 90.2 Å². The lowest BCUT2D eigenvalue weighted by Gasteiger charge is -2.24. The van der Waals surface area contributed by atoms with Crippen molar-refractivity contribution in [1.82, 2.24) is 0 Å². The average Bonchev–Trinajstić information content (AvgIpc) is 2.46. The molecule has 0 N–H and O–H groups in total. The van der Waals surface area contributed by atoms with Gasteiger partial charge in [0, 0.05) is 0 Å². The Hall–Kier alpha value is -1.60. The zero-order chi connectivity index (χ0) is 13.7. The number of rotatable bonds is 4. The van der Waals surface area contributed by atoms with Gasteiger partial charge in [-0.2, -0.15) is 0 Å². The number of hydrogen-bond acceptors (Lipinski definition) is 0. The number of hydrogen-bond donors (Lipinski definition) is 0. The Labute approximate surface area is 117 Å². The molecular formula is C18H22Si. The third-order valence-corrected chi connectivity index (χ3v) is 7.92. The van der Waals surface area contributed by atoms with Gasteiger partial charge in [-0.3, -0.25) is 0 Å². The predicted octanol–water partition coefficient (Wildman–Crippen LogP) is 4.33. The van der Waals surface area contributed by atoms with Gasteiger partial charge in [0.1, 0.15) is 8.07 Å². The molecule has 2 aromatic carbocycles. The van der Waals surface area contributed by atoms with Crippen LogP contribution in [0.25, 0.3) is 0 Å². The Balaban J connectivity index is 2.16. The standard InChI is InChI=1S/C18H22Si/c1-16(14-15-17-10-6-4-7-11-17)19(2,3)18-12-8-5-9-13-18/h4-14H,15H2,1-3H3/b16-14+. The van der Waals surface area contributed by atoms with E-state index in [1.165, 1.54) is 10.8 Å². The summed E-state index contributed by atoms with van der Waals surface area (Å²) >= 11 is 0. The molecule has 0 unspecified atom stereocenters. The molecule has 98 valence electrons. The van der Waals surface area contributed by atoms with E-state index in [9.17, 15) is 0 Å². The van der Waals surface area contributed by atoms with E-state index in [1.54, 1.807) is 5.20 Å². The molecule has 0 fully saturated rings. The second-order valence-corrected chi connectivity index (χ2v) is 10.2. The molecule has 1 heteroatoms. The lowest BCUT2D eigenvalue weighted by atomic mass is 10.1. The summed E-state index contributed by atoms with van der Waals surface area (Å²) in [5.41, 5.74) is 1.39. The summed E-state index contributed by atoms with van der Waals surface area (Å²) in [6, 6.07) is 21.6. The van der Waals surface area contributed by atoms with Crippen molar-refractivity contribution in [2.24, 2.45) is 0 Å². The molecule has 0 aromatic heterocycles. The quantitative estimate of drug-likeness (QED) is 0.723. The van der Waals surface area contributed by atoms with Gasteiger partial charge in [0.05, 0.1) is 0 Å². The molecular weight excluding hydrogens is 244 g/mol. The van der Waals surface area contributed by atoms with Crippen molar-refractivity contribution in [2.45, 2.75) is 26.4 Å². The van der Waals surface area contributed by atoms with Gasteiger partial charge in [0.25, 0.3) is 0 Å². The van der Waals surface area contributed by atoms with Crippen LogP contribution in [0.3, 0.4) is 0 Å². The normalized spacial score (nSPS) is 12.5. The number of benzene rings is 2. The first-order valence-electron chi connectivity index (χ1n) is 6.87. The molecule has 0 nitrogen and oxygen atoms in total. The Morgan fingerprint density at radius 2 is 1.42 bits per heavy atom. The molecule has 2 rings (SSSR count). The first kappa shape index (κ1) is 13.8. The topological polar surface area (TPSA) is 0 Å². The third-order valence-electron chi connectivity index (χ3n) is 3.97. The second kappa shape index (κ2) is 6.03. The summed E-state index contributed by atoms with van der Waals surface area (Å²) in [5.74, 6) is 0. The van der Waals surface area contributed by atoms with Gasteiger partial charge in [0.15, 0.2) is 0 Å². The van der Waals surface area contributed by atoms with Crippen molar-refractivity contribution < 1.29 is 0 Å². The maximum Gasteiger partial charge on any atom is 0.106 e. The fourth-order valence-corrected chi connectivity index (χ4v) is 4.32. The van der Waals surface area contributed by atoms with Crippen LogP contribution in [-0.4, -0.2) is 8.07 Å². The molecule has 0 saturated heterocycles. The minimum absolute atomic E-state index is 1.04. The van der Waals surface area contributed by atoms with Crippen molar-refractivity contribution in [3.8, 4) is 0 Å². The van der Waals surface area contributed by atoms with Crippen molar-refractivity contribution in [3.63, 3.8) is 0 Å². The molecule has 0 bridgehead atoms. The van der Waals surface area contributed by atoms with E-state index in [2.05, 4.69) is 86.8 Å². The average molecular weight is 266 g/mol. The van der Waals surface area contributed by atoms with E-state index in [-0.39, 0.29) is 0 Å². The van der Waals surface area contributed by atoms with E-state index in [4.69, 9.17) is 0 Å². The van der Waals surface area contributed by atoms with Crippen molar-refractivity contribution >= 4 is 13.3 Å². The summed E-state index contributed by atoms with van der Waals surface area (Å²) in [4.78, 5) is 0. The Morgan fingerprint density at radius 1 is 0.895 bits per heavy atom. The molecule has 0 radical (unpaired) electrons. The highest BCUT2D eigenvalue weighted by atomic mass is 28.3. The van der Waals surface area contributed by atoms with Crippen molar-refractivity contribution in [2.75, 3.05) is 0 Å². The van der Waals surface area contributed by atoms with Crippen LogP contribution < -0.4 is 5.19 Å². The van der Waals surface area contributed by atoms with E-state index < -0.39 is 8.07 Å². The predicted molar refractivity (Wildman–Crippen MR) is 87.5 cm³/mol. The third kappa shape index (κ3) is 3.45. The van der Waals surface area contributed by atoms with Crippen LogP contribution in [0.4, 0.5) is 0 Å². The van der Waals surface area contributed by atoms with Crippen LogP contribution in [0.2, 0.25) is 13.1 Å². The molecule has 2 aromatic rings. The van der Waals surface area contributed by atoms with Gasteiger partial charge in [-0.05, 0) is 18.9 Å². The highest BCUT2D eigenvalue weighted by Crippen LogP contribution is 2.15. The largest absolute Gasteiger partial charge is 0.106 e. The first-order valence-corrected chi connectivity index (χ1v) is 9.87. The van der Waals surface area contributed by atoms with Crippen LogP contribution in [-0.2, 0) is 6.42 Å². The number of allylic oxidation sites excluding steroid dienone is 2. The van der Waals surface area contributed by atoms with E-state index >= 15 is 0 Å². The summed E-state index contributed by atoms with van der Waals surface area (Å²) in [7, 11) is -1.48. The SMILES string of the molecule is C/C(=C\Cc1ccccc1)[Si](C)(C)c1ccccc1. The first-order chi connectivity index (χ1) is 9.10. The zero-order valence-electron chi connectivity index (χ0n) is 12.1. The Kier molecular flexibility index (Phi) is 4.38. The monoisotopic (exact) mass is 266 g/mol. The smallest absolute Gasteiger partial charge is 0.0847 e. The zero-order valence-corrected chi connectivity index (χ0v) is 13.1. The molecule has 19 heavy (non-hydrogen) atoms. The van der Waals surface area contributed by atoms with Gasteiger partial charge in [-0.15, -0.1) is 0 Å².